The molecule has 0 saturated heterocycles. The molecule has 0 aromatic heterocycles. The number of hydrogen-bond donors (Lipinski definition) is 0. The van der Waals surface area contributed by atoms with Gasteiger partial charge in [-0.25, -0.2) is 0 Å². The van der Waals surface area contributed by atoms with Gasteiger partial charge in [-0.15, -0.1) is 0 Å². The van der Waals surface area contributed by atoms with E-state index in [1.165, 1.54) is 12.8 Å². The first kappa shape index (κ1) is 7.52. The van der Waals surface area contributed by atoms with Crippen LogP contribution in [0, 0.1) is 5.92 Å². The minimum atomic E-state index is 0.333. The summed E-state index contributed by atoms with van der Waals surface area (Å²) < 4.78 is 0. The highest BCUT2D eigenvalue weighted by Crippen LogP contribution is 2.25. The Hall–Kier alpha value is -0.590. The predicted octanol–water partition coefficient (Wildman–Crippen LogP) is 2.32. The number of ketones is 1. The summed E-state index contributed by atoms with van der Waals surface area (Å²) >= 11 is 0. The molecule has 1 saturated carbocycles. The summed E-state index contributed by atoms with van der Waals surface area (Å²) in [6.45, 7) is 1.90. The maximum Gasteiger partial charge on any atom is 0.158 e. The standard InChI is InChI=1S/C9H14O/c1-2-5-9(10)8-6-3-4-7-8/h2,5,8H,3-4,6-7H2,1H3/b5-2+. The Balaban J connectivity index is 2.40. The molecule has 0 amide bonds. The van der Waals surface area contributed by atoms with Crippen molar-refractivity contribution < 1.29 is 4.79 Å². The van der Waals surface area contributed by atoms with Crippen LogP contribution in [0.25, 0.3) is 0 Å². The monoisotopic (exact) mass is 138 g/mol. The minimum Gasteiger partial charge on any atom is -0.295 e. The van der Waals surface area contributed by atoms with Crippen molar-refractivity contribution in [1.82, 2.24) is 0 Å². The van der Waals surface area contributed by atoms with Crippen LogP contribution in [0.15, 0.2) is 12.2 Å². The fourth-order valence-corrected chi connectivity index (χ4v) is 1.51. The zero-order valence-corrected chi connectivity index (χ0v) is 6.47. The van der Waals surface area contributed by atoms with Gasteiger partial charge in [0.05, 0.1) is 0 Å². The van der Waals surface area contributed by atoms with Crippen LogP contribution in [0.4, 0.5) is 0 Å². The van der Waals surface area contributed by atoms with Crippen LogP contribution in [0.2, 0.25) is 0 Å². The molecule has 0 N–H and O–H groups in total. The Morgan fingerprint density at radius 2 is 2.00 bits per heavy atom. The summed E-state index contributed by atoms with van der Waals surface area (Å²) in [7, 11) is 0. The van der Waals surface area contributed by atoms with Crippen molar-refractivity contribution in [3.63, 3.8) is 0 Å². The zero-order valence-electron chi connectivity index (χ0n) is 6.47. The van der Waals surface area contributed by atoms with Crippen LogP contribution in [-0.4, -0.2) is 5.78 Å². The highest BCUT2D eigenvalue weighted by molar-refractivity contribution is 5.91. The van der Waals surface area contributed by atoms with E-state index in [2.05, 4.69) is 0 Å². The SMILES string of the molecule is C/C=C/C(=O)C1CCCC1. The lowest BCUT2D eigenvalue weighted by molar-refractivity contribution is -0.118. The summed E-state index contributed by atoms with van der Waals surface area (Å²) in [5.74, 6) is 0.691. The number of hydrogen-bond acceptors (Lipinski definition) is 1. The second-order valence-electron chi connectivity index (χ2n) is 2.88. The molecule has 0 aromatic carbocycles. The maximum absolute atomic E-state index is 11.2. The molecule has 0 bridgehead atoms. The van der Waals surface area contributed by atoms with Gasteiger partial charge < -0.3 is 0 Å². The van der Waals surface area contributed by atoms with Crippen molar-refractivity contribution >= 4 is 5.78 Å². The topological polar surface area (TPSA) is 17.1 Å². The molecule has 1 aliphatic rings. The van der Waals surface area contributed by atoms with Crippen molar-refractivity contribution in [2.45, 2.75) is 32.6 Å². The van der Waals surface area contributed by atoms with E-state index in [0.717, 1.165) is 12.8 Å². The number of rotatable bonds is 2. The summed E-state index contributed by atoms with van der Waals surface area (Å²) in [6.07, 6.45) is 8.25. The van der Waals surface area contributed by atoms with E-state index in [1.54, 1.807) is 6.08 Å². The molecule has 0 radical (unpaired) electrons. The lowest BCUT2D eigenvalue weighted by Crippen LogP contribution is -2.06. The normalized spacial score (nSPS) is 20.5. The Morgan fingerprint density at radius 1 is 1.40 bits per heavy atom. The first-order valence-corrected chi connectivity index (χ1v) is 4.01. The lowest BCUT2D eigenvalue weighted by atomic mass is 10.0. The Labute approximate surface area is 62.1 Å². The van der Waals surface area contributed by atoms with Gasteiger partial charge in [-0.2, -0.15) is 0 Å². The van der Waals surface area contributed by atoms with Crippen LogP contribution < -0.4 is 0 Å². The molecule has 0 aliphatic heterocycles. The van der Waals surface area contributed by atoms with Gasteiger partial charge in [-0.1, -0.05) is 18.9 Å². The van der Waals surface area contributed by atoms with Crippen molar-refractivity contribution in [2.75, 3.05) is 0 Å². The van der Waals surface area contributed by atoms with Crippen molar-refractivity contribution in [1.29, 1.82) is 0 Å². The third-order valence-electron chi connectivity index (χ3n) is 2.09. The molecule has 56 valence electrons. The highest BCUT2D eigenvalue weighted by Gasteiger charge is 2.19. The Kier molecular flexibility index (Phi) is 2.67. The average Bonchev–Trinajstić information content (AvgIpc) is 2.38. The molecule has 1 fully saturated rings. The Bertz CT molecular complexity index is 141. The van der Waals surface area contributed by atoms with Crippen LogP contribution >= 0.6 is 0 Å². The van der Waals surface area contributed by atoms with Gasteiger partial charge in [-0.3, -0.25) is 4.79 Å². The largest absolute Gasteiger partial charge is 0.295 e. The fourth-order valence-electron chi connectivity index (χ4n) is 1.51. The van der Waals surface area contributed by atoms with E-state index in [-0.39, 0.29) is 0 Å². The summed E-state index contributed by atoms with van der Waals surface area (Å²) in [6, 6.07) is 0. The molecule has 1 nitrogen and oxygen atoms in total. The molecule has 0 atom stereocenters. The van der Waals surface area contributed by atoms with Gasteiger partial charge in [0.2, 0.25) is 0 Å². The zero-order chi connectivity index (χ0) is 7.40. The van der Waals surface area contributed by atoms with Crippen molar-refractivity contribution in [2.24, 2.45) is 5.92 Å². The second-order valence-corrected chi connectivity index (χ2v) is 2.88. The van der Waals surface area contributed by atoms with E-state index in [4.69, 9.17) is 0 Å². The first-order valence-electron chi connectivity index (χ1n) is 4.01. The quantitative estimate of drug-likeness (QED) is 0.535. The Morgan fingerprint density at radius 3 is 2.50 bits per heavy atom. The van der Waals surface area contributed by atoms with E-state index < -0.39 is 0 Å². The van der Waals surface area contributed by atoms with E-state index >= 15 is 0 Å². The van der Waals surface area contributed by atoms with E-state index in [1.807, 2.05) is 13.0 Å². The van der Waals surface area contributed by atoms with Gasteiger partial charge in [0.15, 0.2) is 5.78 Å². The molecule has 1 aliphatic carbocycles. The second kappa shape index (κ2) is 3.55. The minimum absolute atomic E-state index is 0.333. The van der Waals surface area contributed by atoms with Gasteiger partial charge in [-0.05, 0) is 25.8 Å². The van der Waals surface area contributed by atoms with Gasteiger partial charge in [0.1, 0.15) is 0 Å². The molecule has 0 spiro atoms. The molecular formula is C9H14O. The highest BCUT2D eigenvalue weighted by atomic mass is 16.1. The van der Waals surface area contributed by atoms with Crippen LogP contribution in [0.5, 0.6) is 0 Å². The molecule has 0 unspecified atom stereocenters. The van der Waals surface area contributed by atoms with E-state index in [9.17, 15) is 4.79 Å². The first-order chi connectivity index (χ1) is 4.84. The van der Waals surface area contributed by atoms with Gasteiger partial charge in [0, 0.05) is 5.92 Å². The third kappa shape index (κ3) is 1.69. The van der Waals surface area contributed by atoms with Gasteiger partial charge >= 0.3 is 0 Å². The van der Waals surface area contributed by atoms with Crippen molar-refractivity contribution in [3.8, 4) is 0 Å². The lowest BCUT2D eigenvalue weighted by Gasteiger charge is -2.00. The third-order valence-corrected chi connectivity index (χ3v) is 2.09. The van der Waals surface area contributed by atoms with Crippen molar-refractivity contribution in [3.05, 3.63) is 12.2 Å². The van der Waals surface area contributed by atoms with Crippen LogP contribution in [-0.2, 0) is 4.79 Å². The predicted molar refractivity (Wildman–Crippen MR) is 41.8 cm³/mol. The molecule has 10 heavy (non-hydrogen) atoms. The number of carbonyl (C=O) groups excluding carboxylic acids is 1. The number of carbonyl (C=O) groups is 1. The molecule has 1 heteroatoms. The summed E-state index contributed by atoms with van der Waals surface area (Å²) in [4.78, 5) is 11.2. The maximum atomic E-state index is 11.2. The fraction of sp³-hybridized carbons (Fsp3) is 0.667. The van der Waals surface area contributed by atoms with Crippen LogP contribution in [0.3, 0.4) is 0 Å². The smallest absolute Gasteiger partial charge is 0.158 e. The summed E-state index contributed by atoms with van der Waals surface area (Å²) in [5, 5.41) is 0. The molecule has 0 aromatic rings. The number of allylic oxidation sites excluding steroid dienone is 2. The molecule has 1 rings (SSSR count). The molecule has 0 heterocycles. The molecular weight excluding hydrogens is 124 g/mol. The van der Waals surface area contributed by atoms with Gasteiger partial charge in [0.25, 0.3) is 0 Å². The van der Waals surface area contributed by atoms with E-state index in [0.29, 0.717) is 11.7 Å². The summed E-state index contributed by atoms with van der Waals surface area (Å²) in [5.41, 5.74) is 0. The van der Waals surface area contributed by atoms with Crippen LogP contribution in [0.1, 0.15) is 32.6 Å². The average molecular weight is 138 g/mol.